The molecule has 1 atom stereocenters. The largest absolute Gasteiger partial charge is 0.468 e. The van der Waals surface area contributed by atoms with Gasteiger partial charge in [-0.3, -0.25) is 4.79 Å². The number of rotatable bonds is 6. The summed E-state index contributed by atoms with van der Waals surface area (Å²) in [7, 11) is 1.43. The Hall–Kier alpha value is -1.35. The van der Waals surface area contributed by atoms with Gasteiger partial charge in [0.25, 0.3) is 0 Å². The van der Waals surface area contributed by atoms with E-state index in [4.69, 9.17) is 4.74 Å². The van der Waals surface area contributed by atoms with Crippen molar-refractivity contribution in [3.05, 3.63) is 35.9 Å². The van der Waals surface area contributed by atoms with Gasteiger partial charge in [0.05, 0.1) is 7.11 Å². The molecule has 1 N–H and O–H groups in total. The highest BCUT2D eigenvalue weighted by atomic mass is 16.5. The highest BCUT2D eigenvalue weighted by molar-refractivity contribution is 5.75. The van der Waals surface area contributed by atoms with Gasteiger partial charge in [-0.15, -0.1) is 0 Å². The van der Waals surface area contributed by atoms with Crippen LogP contribution in [0.5, 0.6) is 0 Å². The van der Waals surface area contributed by atoms with Crippen molar-refractivity contribution in [2.75, 3.05) is 7.11 Å². The van der Waals surface area contributed by atoms with Crippen LogP contribution < -0.4 is 5.32 Å². The smallest absolute Gasteiger partial charge is 0.322 e. The van der Waals surface area contributed by atoms with Gasteiger partial charge in [-0.05, 0) is 12.0 Å². The lowest BCUT2D eigenvalue weighted by Crippen LogP contribution is -2.37. The average molecular weight is 221 g/mol. The van der Waals surface area contributed by atoms with Crippen LogP contribution in [-0.4, -0.2) is 19.1 Å². The lowest BCUT2D eigenvalue weighted by Gasteiger charge is -2.15. The summed E-state index contributed by atoms with van der Waals surface area (Å²) in [5.41, 5.74) is 1.17. The zero-order valence-corrected chi connectivity index (χ0v) is 9.90. The first-order valence-corrected chi connectivity index (χ1v) is 5.63. The molecular formula is C13H19NO2. The third-order valence-electron chi connectivity index (χ3n) is 2.46. The molecular weight excluding hydrogens is 202 g/mol. The molecule has 1 aromatic carbocycles. The molecule has 0 saturated heterocycles. The fourth-order valence-corrected chi connectivity index (χ4v) is 1.57. The maximum atomic E-state index is 11.4. The number of ether oxygens (including phenoxy) is 1. The van der Waals surface area contributed by atoms with Crippen molar-refractivity contribution in [1.82, 2.24) is 5.32 Å². The minimum atomic E-state index is -0.199. The minimum Gasteiger partial charge on any atom is -0.468 e. The molecule has 3 heteroatoms. The Kier molecular flexibility index (Phi) is 5.57. The molecule has 0 spiro atoms. The van der Waals surface area contributed by atoms with E-state index in [9.17, 15) is 4.79 Å². The van der Waals surface area contributed by atoms with E-state index in [1.807, 2.05) is 30.3 Å². The average Bonchev–Trinajstić information content (AvgIpc) is 2.34. The third kappa shape index (κ3) is 4.03. The van der Waals surface area contributed by atoms with Crippen LogP contribution in [0.15, 0.2) is 30.3 Å². The highest BCUT2D eigenvalue weighted by Crippen LogP contribution is 2.03. The number of carbonyl (C=O) groups excluding carboxylic acids is 1. The van der Waals surface area contributed by atoms with Gasteiger partial charge in [-0.2, -0.15) is 0 Å². The van der Waals surface area contributed by atoms with Crippen molar-refractivity contribution in [3.63, 3.8) is 0 Å². The summed E-state index contributed by atoms with van der Waals surface area (Å²) < 4.78 is 4.75. The summed E-state index contributed by atoms with van der Waals surface area (Å²) in [6.45, 7) is 2.75. The fraction of sp³-hybridized carbons (Fsp3) is 0.462. The molecule has 0 aromatic heterocycles. The van der Waals surface area contributed by atoms with Gasteiger partial charge in [-0.1, -0.05) is 43.7 Å². The van der Waals surface area contributed by atoms with Crippen LogP contribution in [0.2, 0.25) is 0 Å². The van der Waals surface area contributed by atoms with Gasteiger partial charge in [0, 0.05) is 6.54 Å². The first-order chi connectivity index (χ1) is 7.77. The first kappa shape index (κ1) is 12.7. The van der Waals surface area contributed by atoms with E-state index in [1.165, 1.54) is 12.7 Å². The van der Waals surface area contributed by atoms with Crippen LogP contribution in [0.1, 0.15) is 25.3 Å². The van der Waals surface area contributed by atoms with Gasteiger partial charge in [-0.25, -0.2) is 0 Å². The number of carbonyl (C=O) groups is 1. The van der Waals surface area contributed by atoms with E-state index in [2.05, 4.69) is 12.2 Å². The van der Waals surface area contributed by atoms with E-state index >= 15 is 0 Å². The summed E-state index contributed by atoms with van der Waals surface area (Å²) >= 11 is 0. The van der Waals surface area contributed by atoms with Gasteiger partial charge < -0.3 is 10.1 Å². The summed E-state index contributed by atoms with van der Waals surface area (Å²) in [6, 6.07) is 9.83. The Morgan fingerprint density at radius 2 is 2.06 bits per heavy atom. The van der Waals surface area contributed by atoms with Crippen LogP contribution in [0, 0.1) is 0 Å². The number of benzene rings is 1. The monoisotopic (exact) mass is 221 g/mol. The van der Waals surface area contributed by atoms with Crippen molar-refractivity contribution in [1.29, 1.82) is 0 Å². The molecule has 0 bridgehead atoms. The number of hydrogen-bond donors (Lipinski definition) is 1. The zero-order chi connectivity index (χ0) is 11.8. The van der Waals surface area contributed by atoms with E-state index < -0.39 is 0 Å². The fourth-order valence-electron chi connectivity index (χ4n) is 1.57. The Morgan fingerprint density at radius 1 is 1.38 bits per heavy atom. The highest BCUT2D eigenvalue weighted by Gasteiger charge is 2.16. The molecule has 1 aromatic rings. The second-order valence-electron chi connectivity index (χ2n) is 3.73. The van der Waals surface area contributed by atoms with Crippen LogP contribution in [0.3, 0.4) is 0 Å². The molecule has 0 aliphatic rings. The molecule has 3 nitrogen and oxygen atoms in total. The standard InChI is InChI=1S/C13H19NO2/c1-3-7-12(13(15)16-2)14-10-11-8-5-4-6-9-11/h4-6,8-9,12,14H,3,7,10H2,1-2H3/t12-/m0/s1. The van der Waals surface area contributed by atoms with Crippen molar-refractivity contribution >= 4 is 5.97 Å². The van der Waals surface area contributed by atoms with E-state index in [-0.39, 0.29) is 12.0 Å². The zero-order valence-electron chi connectivity index (χ0n) is 9.90. The van der Waals surface area contributed by atoms with Gasteiger partial charge in [0.2, 0.25) is 0 Å². The van der Waals surface area contributed by atoms with Crippen molar-refractivity contribution in [2.24, 2.45) is 0 Å². The third-order valence-corrected chi connectivity index (χ3v) is 2.46. The molecule has 1 rings (SSSR count). The summed E-state index contributed by atoms with van der Waals surface area (Å²) in [4.78, 5) is 11.4. The number of methoxy groups -OCH3 is 1. The Balaban J connectivity index is 2.47. The predicted molar refractivity (Wildman–Crippen MR) is 64.0 cm³/mol. The van der Waals surface area contributed by atoms with Crippen molar-refractivity contribution < 1.29 is 9.53 Å². The number of hydrogen-bond acceptors (Lipinski definition) is 3. The van der Waals surface area contributed by atoms with Gasteiger partial charge in [0.1, 0.15) is 6.04 Å². The molecule has 0 radical (unpaired) electrons. The summed E-state index contributed by atoms with van der Waals surface area (Å²) in [5.74, 6) is -0.183. The second-order valence-corrected chi connectivity index (χ2v) is 3.73. The summed E-state index contributed by atoms with van der Waals surface area (Å²) in [5, 5.41) is 3.21. The van der Waals surface area contributed by atoms with Gasteiger partial charge in [0.15, 0.2) is 0 Å². The van der Waals surface area contributed by atoms with E-state index in [1.54, 1.807) is 0 Å². The van der Waals surface area contributed by atoms with Crippen molar-refractivity contribution in [3.8, 4) is 0 Å². The Bertz CT molecular complexity index is 311. The van der Waals surface area contributed by atoms with E-state index in [0.29, 0.717) is 6.54 Å². The predicted octanol–water partition coefficient (Wildman–Crippen LogP) is 2.12. The quantitative estimate of drug-likeness (QED) is 0.748. The lowest BCUT2D eigenvalue weighted by molar-refractivity contribution is -0.143. The molecule has 0 heterocycles. The lowest BCUT2D eigenvalue weighted by atomic mass is 10.1. The van der Waals surface area contributed by atoms with Crippen LogP contribution in [0.4, 0.5) is 0 Å². The topological polar surface area (TPSA) is 38.3 Å². The van der Waals surface area contributed by atoms with Crippen LogP contribution in [0.25, 0.3) is 0 Å². The van der Waals surface area contributed by atoms with Crippen LogP contribution in [-0.2, 0) is 16.1 Å². The molecule has 88 valence electrons. The maximum Gasteiger partial charge on any atom is 0.322 e. The molecule has 0 unspecified atom stereocenters. The molecule has 0 aliphatic heterocycles. The van der Waals surface area contributed by atoms with Crippen molar-refractivity contribution in [2.45, 2.75) is 32.4 Å². The van der Waals surface area contributed by atoms with E-state index in [0.717, 1.165) is 12.8 Å². The van der Waals surface area contributed by atoms with Gasteiger partial charge >= 0.3 is 5.97 Å². The Morgan fingerprint density at radius 3 is 2.62 bits per heavy atom. The SMILES string of the molecule is CCC[C@H](NCc1ccccc1)C(=O)OC. The number of nitrogens with one attached hydrogen (secondary N) is 1. The molecule has 0 fully saturated rings. The molecule has 0 amide bonds. The maximum absolute atomic E-state index is 11.4. The first-order valence-electron chi connectivity index (χ1n) is 5.63. The van der Waals surface area contributed by atoms with Crippen LogP contribution >= 0.6 is 0 Å². The normalized spacial score (nSPS) is 12.1. The molecule has 16 heavy (non-hydrogen) atoms. The second kappa shape index (κ2) is 7.01. The molecule has 0 saturated carbocycles. The summed E-state index contributed by atoms with van der Waals surface area (Å²) in [6.07, 6.45) is 1.76. The Labute approximate surface area is 96.8 Å². The number of esters is 1. The minimum absolute atomic E-state index is 0.183. The molecule has 0 aliphatic carbocycles.